The van der Waals surface area contributed by atoms with Gasteiger partial charge in [0.15, 0.2) is 0 Å². The van der Waals surface area contributed by atoms with Gasteiger partial charge in [0, 0.05) is 5.41 Å². The molecule has 0 heterocycles. The summed E-state index contributed by atoms with van der Waals surface area (Å²) >= 11 is 0. The molecule has 1 aliphatic rings. The Labute approximate surface area is 133 Å². The molecule has 0 spiro atoms. The lowest BCUT2D eigenvalue weighted by Crippen LogP contribution is -2.30. The van der Waals surface area contributed by atoms with Gasteiger partial charge in [-0.05, 0) is 48.2 Å². The van der Waals surface area contributed by atoms with E-state index in [1.165, 1.54) is 43.2 Å². The maximum atomic E-state index is 5.45. The van der Waals surface area contributed by atoms with E-state index in [9.17, 15) is 0 Å². The van der Waals surface area contributed by atoms with Crippen LogP contribution in [0.15, 0.2) is 48.5 Å². The summed E-state index contributed by atoms with van der Waals surface area (Å²) in [5.41, 5.74) is 2.81. The Morgan fingerprint density at radius 2 is 1.23 bits per heavy atom. The zero-order chi connectivity index (χ0) is 15.4. The fraction of sp³-hybridized carbons (Fsp3) is 0.400. The Morgan fingerprint density at radius 3 is 1.68 bits per heavy atom. The Kier molecular flexibility index (Phi) is 4.37. The van der Waals surface area contributed by atoms with Crippen LogP contribution in [0, 0.1) is 0 Å². The molecule has 1 aliphatic carbocycles. The molecule has 2 heteroatoms. The second kappa shape index (κ2) is 6.43. The summed E-state index contributed by atoms with van der Waals surface area (Å²) in [4.78, 5) is 0. The zero-order valence-corrected chi connectivity index (χ0v) is 13.5. The lowest BCUT2D eigenvalue weighted by Gasteiger charge is -2.39. The van der Waals surface area contributed by atoms with Crippen molar-refractivity contribution in [3.63, 3.8) is 0 Å². The van der Waals surface area contributed by atoms with Crippen molar-refractivity contribution in [1.29, 1.82) is 0 Å². The lowest BCUT2D eigenvalue weighted by atomic mass is 9.65. The van der Waals surface area contributed by atoms with Gasteiger partial charge in [0.1, 0.15) is 11.5 Å². The normalized spacial score (nSPS) is 17.0. The van der Waals surface area contributed by atoms with Crippen LogP contribution in [0.2, 0.25) is 0 Å². The number of ether oxygens (including phenoxy) is 2. The highest BCUT2D eigenvalue weighted by atomic mass is 16.5. The van der Waals surface area contributed by atoms with Crippen LogP contribution in [0.25, 0.3) is 0 Å². The highest BCUT2D eigenvalue weighted by molar-refractivity contribution is 5.45. The summed E-state index contributed by atoms with van der Waals surface area (Å²) < 4.78 is 10.9. The second-order valence-corrected chi connectivity index (χ2v) is 6.11. The summed E-state index contributed by atoms with van der Waals surface area (Å²) in [5.74, 6) is 1.87. The third kappa shape index (κ3) is 2.70. The summed E-state index contributed by atoms with van der Waals surface area (Å²) in [5, 5.41) is 0. The van der Waals surface area contributed by atoms with Gasteiger partial charge < -0.3 is 9.47 Å². The van der Waals surface area contributed by atoms with Gasteiger partial charge in [0.2, 0.25) is 0 Å². The number of hydrogen-bond donors (Lipinski definition) is 0. The predicted molar refractivity (Wildman–Crippen MR) is 89.9 cm³/mol. The van der Waals surface area contributed by atoms with Crippen LogP contribution in [-0.2, 0) is 5.41 Å². The molecule has 0 aliphatic heterocycles. The molecule has 22 heavy (non-hydrogen) atoms. The number of methoxy groups -OCH3 is 2. The van der Waals surface area contributed by atoms with Crippen LogP contribution in [0.5, 0.6) is 11.5 Å². The van der Waals surface area contributed by atoms with Gasteiger partial charge in [0.25, 0.3) is 0 Å². The Bertz CT molecular complexity index is 578. The Hall–Kier alpha value is -1.96. The van der Waals surface area contributed by atoms with Crippen LogP contribution < -0.4 is 9.47 Å². The fourth-order valence-corrected chi connectivity index (χ4v) is 3.74. The van der Waals surface area contributed by atoms with Crippen LogP contribution >= 0.6 is 0 Å². The van der Waals surface area contributed by atoms with Crippen LogP contribution in [0.3, 0.4) is 0 Å². The molecule has 0 aromatic heterocycles. The van der Waals surface area contributed by atoms with Crippen molar-refractivity contribution in [1.82, 2.24) is 0 Å². The van der Waals surface area contributed by atoms with E-state index in [4.69, 9.17) is 9.47 Å². The standard InChI is InChI=1S/C20H24O2/c1-21-18-10-6-8-16(14-18)20(12-4-3-5-13-20)17-9-7-11-19(15-17)22-2/h6-11,14-15H,3-5,12-13H2,1-2H3. The van der Waals surface area contributed by atoms with Crippen molar-refractivity contribution in [2.75, 3.05) is 14.2 Å². The third-order valence-corrected chi connectivity index (χ3v) is 4.95. The van der Waals surface area contributed by atoms with Crippen LogP contribution in [-0.4, -0.2) is 14.2 Å². The molecule has 116 valence electrons. The maximum Gasteiger partial charge on any atom is 0.119 e. The molecule has 2 aromatic carbocycles. The quantitative estimate of drug-likeness (QED) is 0.794. The summed E-state index contributed by atoms with van der Waals surface area (Å²) in [6.07, 6.45) is 6.25. The predicted octanol–water partition coefficient (Wildman–Crippen LogP) is 4.95. The molecule has 0 N–H and O–H groups in total. The molecule has 0 saturated heterocycles. The van der Waals surface area contributed by atoms with Gasteiger partial charge >= 0.3 is 0 Å². The van der Waals surface area contributed by atoms with E-state index < -0.39 is 0 Å². The molecule has 1 fully saturated rings. The molecule has 0 amide bonds. The minimum absolute atomic E-state index is 0.0847. The first-order valence-corrected chi connectivity index (χ1v) is 8.07. The minimum Gasteiger partial charge on any atom is -0.497 e. The van der Waals surface area contributed by atoms with Gasteiger partial charge in [-0.2, -0.15) is 0 Å². The van der Waals surface area contributed by atoms with Crippen LogP contribution in [0.4, 0.5) is 0 Å². The van der Waals surface area contributed by atoms with E-state index in [1.54, 1.807) is 14.2 Å². The van der Waals surface area contributed by atoms with Crippen molar-refractivity contribution in [2.45, 2.75) is 37.5 Å². The first-order chi connectivity index (χ1) is 10.8. The lowest BCUT2D eigenvalue weighted by molar-refractivity contribution is 0.341. The monoisotopic (exact) mass is 296 g/mol. The topological polar surface area (TPSA) is 18.5 Å². The second-order valence-electron chi connectivity index (χ2n) is 6.11. The number of benzene rings is 2. The van der Waals surface area contributed by atoms with Gasteiger partial charge in [-0.3, -0.25) is 0 Å². The molecular weight excluding hydrogens is 272 g/mol. The van der Waals surface area contributed by atoms with E-state index in [2.05, 4.69) is 36.4 Å². The van der Waals surface area contributed by atoms with E-state index >= 15 is 0 Å². The van der Waals surface area contributed by atoms with E-state index in [0.29, 0.717) is 0 Å². The Balaban J connectivity index is 2.11. The van der Waals surface area contributed by atoms with Crippen molar-refractivity contribution in [3.05, 3.63) is 59.7 Å². The molecule has 0 unspecified atom stereocenters. The molecule has 0 atom stereocenters. The van der Waals surface area contributed by atoms with Gasteiger partial charge in [-0.15, -0.1) is 0 Å². The van der Waals surface area contributed by atoms with Crippen molar-refractivity contribution < 1.29 is 9.47 Å². The Morgan fingerprint density at radius 1 is 0.727 bits per heavy atom. The molecule has 2 aromatic rings. The first-order valence-electron chi connectivity index (χ1n) is 8.07. The van der Waals surface area contributed by atoms with Crippen molar-refractivity contribution >= 4 is 0 Å². The third-order valence-electron chi connectivity index (χ3n) is 4.95. The van der Waals surface area contributed by atoms with E-state index in [1.807, 2.05) is 12.1 Å². The number of rotatable bonds is 4. The molecule has 1 saturated carbocycles. The van der Waals surface area contributed by atoms with Crippen LogP contribution in [0.1, 0.15) is 43.2 Å². The first kappa shape index (κ1) is 15.0. The highest BCUT2D eigenvalue weighted by Gasteiger charge is 2.36. The molecule has 2 nitrogen and oxygen atoms in total. The van der Waals surface area contributed by atoms with Crippen molar-refractivity contribution in [3.8, 4) is 11.5 Å². The molecule has 0 bridgehead atoms. The van der Waals surface area contributed by atoms with Gasteiger partial charge in [-0.1, -0.05) is 43.5 Å². The minimum atomic E-state index is 0.0847. The maximum absolute atomic E-state index is 5.45. The summed E-state index contributed by atoms with van der Waals surface area (Å²) in [6.45, 7) is 0. The smallest absolute Gasteiger partial charge is 0.119 e. The van der Waals surface area contributed by atoms with E-state index in [-0.39, 0.29) is 5.41 Å². The van der Waals surface area contributed by atoms with Gasteiger partial charge in [0.05, 0.1) is 14.2 Å². The average molecular weight is 296 g/mol. The van der Waals surface area contributed by atoms with Crippen molar-refractivity contribution in [2.24, 2.45) is 0 Å². The molecular formula is C20H24O2. The fourth-order valence-electron chi connectivity index (χ4n) is 3.74. The highest BCUT2D eigenvalue weighted by Crippen LogP contribution is 2.46. The van der Waals surface area contributed by atoms with E-state index in [0.717, 1.165) is 11.5 Å². The summed E-state index contributed by atoms with van der Waals surface area (Å²) in [7, 11) is 3.47. The largest absolute Gasteiger partial charge is 0.497 e. The average Bonchev–Trinajstić information content (AvgIpc) is 2.62. The molecule has 3 rings (SSSR count). The SMILES string of the molecule is COc1cccc(C2(c3cccc(OC)c3)CCCCC2)c1. The zero-order valence-electron chi connectivity index (χ0n) is 13.5. The summed E-state index contributed by atoms with van der Waals surface area (Å²) in [6, 6.07) is 17.1. The molecule has 0 radical (unpaired) electrons. The van der Waals surface area contributed by atoms with Gasteiger partial charge in [-0.25, -0.2) is 0 Å². The number of hydrogen-bond acceptors (Lipinski definition) is 2.